The van der Waals surface area contributed by atoms with Crippen molar-refractivity contribution in [2.45, 2.75) is 83.7 Å². The van der Waals surface area contributed by atoms with Crippen molar-refractivity contribution in [3.63, 3.8) is 0 Å². The zero-order chi connectivity index (χ0) is 15.9. The first-order valence-electron chi connectivity index (χ1n) is 8.51. The van der Waals surface area contributed by atoms with Crippen LogP contribution in [0.3, 0.4) is 0 Å². The number of hydrogen-bond acceptors (Lipinski definition) is 3. The van der Waals surface area contributed by atoms with E-state index >= 15 is 0 Å². The Balaban J connectivity index is 0.000000774. The van der Waals surface area contributed by atoms with Crippen LogP contribution < -0.4 is 0 Å². The minimum absolute atomic E-state index is 0.132. The molecule has 0 aromatic heterocycles. The van der Waals surface area contributed by atoms with Crippen molar-refractivity contribution in [2.75, 3.05) is 11.5 Å². The van der Waals surface area contributed by atoms with E-state index in [0.717, 1.165) is 11.7 Å². The molecule has 0 aromatic carbocycles. The molecule has 4 heteroatoms. The van der Waals surface area contributed by atoms with E-state index < -0.39 is 15.4 Å². The molecule has 0 aliphatic carbocycles. The molecule has 21 heavy (non-hydrogen) atoms. The number of hydrogen-bond donors (Lipinski definition) is 0. The highest BCUT2D eigenvalue weighted by atomic mass is 32.3. The Morgan fingerprint density at radius 2 is 2.10 bits per heavy atom. The topological polar surface area (TPSA) is 35.5 Å². The van der Waals surface area contributed by atoms with Gasteiger partial charge in [0.15, 0.2) is 0 Å². The van der Waals surface area contributed by atoms with Gasteiger partial charge >= 0.3 is 5.97 Å². The van der Waals surface area contributed by atoms with Crippen LogP contribution in [0.1, 0.15) is 67.2 Å². The molecule has 0 saturated carbocycles. The van der Waals surface area contributed by atoms with Crippen LogP contribution in [0.4, 0.5) is 0 Å². The van der Waals surface area contributed by atoms with Gasteiger partial charge in [-0.05, 0) is 58.0 Å². The molecule has 1 spiro atoms. The molecule has 0 bridgehead atoms. The van der Waals surface area contributed by atoms with Gasteiger partial charge in [0.1, 0.15) is 4.93 Å². The van der Waals surface area contributed by atoms with Gasteiger partial charge in [0.05, 0.1) is 5.41 Å². The van der Waals surface area contributed by atoms with Crippen LogP contribution in [-0.2, 0) is 14.3 Å². The van der Waals surface area contributed by atoms with Crippen LogP contribution in [0.2, 0.25) is 0 Å². The molecule has 4 atom stereocenters. The lowest BCUT2D eigenvalue weighted by molar-refractivity contribution is -0.201. The summed E-state index contributed by atoms with van der Waals surface area (Å²) in [5, 5.41) is 0.991. The quantitative estimate of drug-likeness (QED) is 0.427. The van der Waals surface area contributed by atoms with Crippen molar-refractivity contribution in [3.8, 4) is 0 Å². The summed E-state index contributed by atoms with van der Waals surface area (Å²) in [7, 11) is -0.425. The maximum atomic E-state index is 12.1. The summed E-state index contributed by atoms with van der Waals surface area (Å²) in [6.07, 6.45) is 4.13. The van der Waals surface area contributed by atoms with Crippen molar-refractivity contribution in [3.05, 3.63) is 0 Å². The van der Waals surface area contributed by atoms with E-state index in [-0.39, 0.29) is 17.2 Å². The summed E-state index contributed by atoms with van der Waals surface area (Å²) in [6.45, 7) is 11.8. The van der Waals surface area contributed by atoms with Gasteiger partial charge in [-0.1, -0.05) is 20.8 Å². The second-order valence-corrected chi connectivity index (χ2v) is 11.0. The summed E-state index contributed by atoms with van der Waals surface area (Å²) >= 11 is 0. The highest BCUT2D eigenvalue weighted by Crippen LogP contribution is 2.91. The molecule has 3 nitrogen and oxygen atoms in total. The van der Waals surface area contributed by atoms with Crippen LogP contribution >= 0.6 is 10.0 Å². The average molecular weight is 317 g/mol. The highest BCUT2D eigenvalue weighted by molar-refractivity contribution is 8.42. The second-order valence-electron chi connectivity index (χ2n) is 6.98. The van der Waals surface area contributed by atoms with Crippen molar-refractivity contribution in [1.82, 2.24) is 0 Å². The van der Waals surface area contributed by atoms with E-state index in [4.69, 9.17) is 9.47 Å². The number of ether oxygens (including phenoxy) is 2. The third-order valence-corrected chi connectivity index (χ3v) is 10.6. The lowest BCUT2D eigenvalue weighted by Gasteiger charge is -2.49. The summed E-state index contributed by atoms with van der Waals surface area (Å²) in [5.74, 6) is 2.69. The molecule has 0 N–H and O–H groups in total. The second kappa shape index (κ2) is 5.77. The van der Waals surface area contributed by atoms with Gasteiger partial charge in [-0.15, -0.1) is 0 Å². The minimum Gasteiger partial charge on any atom is -0.436 e. The Hall–Kier alpha value is -0.220. The molecular weight excluding hydrogens is 284 g/mol. The smallest absolute Gasteiger partial charge is 0.313 e. The Morgan fingerprint density at radius 3 is 2.62 bits per heavy atom. The third-order valence-electron chi connectivity index (χ3n) is 5.44. The third kappa shape index (κ3) is 2.63. The molecule has 3 heterocycles. The molecule has 0 amide bonds. The van der Waals surface area contributed by atoms with E-state index in [9.17, 15) is 4.79 Å². The Bertz CT molecular complexity index is 405. The van der Waals surface area contributed by atoms with Gasteiger partial charge < -0.3 is 9.47 Å². The van der Waals surface area contributed by atoms with E-state index in [2.05, 4.69) is 0 Å². The maximum absolute atomic E-state index is 12.1. The molecule has 3 rings (SSSR count). The molecule has 124 valence electrons. The fourth-order valence-corrected chi connectivity index (χ4v) is 9.04. The molecule has 3 aliphatic rings. The van der Waals surface area contributed by atoms with Crippen molar-refractivity contribution in [1.29, 1.82) is 0 Å². The number of carbonyl (C=O) groups excluding carboxylic acids is 1. The van der Waals surface area contributed by atoms with Gasteiger partial charge in [0.2, 0.25) is 6.29 Å². The largest absolute Gasteiger partial charge is 0.436 e. The predicted molar refractivity (Wildman–Crippen MR) is 89.8 cm³/mol. The molecule has 4 unspecified atom stereocenters. The van der Waals surface area contributed by atoms with Gasteiger partial charge in [0, 0.05) is 5.25 Å². The fraction of sp³-hybridized carbons (Fsp3) is 0.941. The molecule has 0 aromatic rings. The summed E-state index contributed by atoms with van der Waals surface area (Å²) < 4.78 is 11.8. The van der Waals surface area contributed by atoms with Gasteiger partial charge in [-0.3, -0.25) is 4.79 Å². The van der Waals surface area contributed by atoms with Crippen LogP contribution in [0.15, 0.2) is 0 Å². The van der Waals surface area contributed by atoms with Gasteiger partial charge in [-0.25, -0.2) is 10.0 Å². The Labute approximate surface area is 131 Å². The normalized spacial score (nSPS) is 40.4. The van der Waals surface area contributed by atoms with E-state index in [1.807, 2.05) is 41.5 Å². The number of carbonyl (C=O) groups is 1. The average Bonchev–Trinajstić information content (AvgIpc) is 2.94. The zero-order valence-corrected chi connectivity index (χ0v) is 15.3. The highest BCUT2D eigenvalue weighted by Gasteiger charge is 2.75. The monoisotopic (exact) mass is 316 g/mol. The fourth-order valence-electron chi connectivity index (χ4n) is 3.70. The van der Waals surface area contributed by atoms with E-state index in [0.29, 0.717) is 0 Å². The molecule has 3 fully saturated rings. The van der Waals surface area contributed by atoms with Crippen LogP contribution in [-0.4, -0.2) is 33.9 Å². The maximum Gasteiger partial charge on any atom is 0.313 e. The lowest BCUT2D eigenvalue weighted by Crippen LogP contribution is -2.43. The number of rotatable bonds is 5. The Kier molecular flexibility index (Phi) is 4.71. The first-order chi connectivity index (χ1) is 9.85. The Morgan fingerprint density at radius 1 is 1.43 bits per heavy atom. The summed E-state index contributed by atoms with van der Waals surface area (Å²) in [4.78, 5) is 12.2. The minimum atomic E-state index is -0.425. The SMILES string of the molecule is CC.CCC(C)(C)C(=O)OC(C)OC12CCCS13CC3C2. The molecular formula is C17H32O3S. The summed E-state index contributed by atoms with van der Waals surface area (Å²) in [6, 6.07) is 0. The van der Waals surface area contributed by atoms with Crippen LogP contribution in [0.5, 0.6) is 0 Å². The lowest BCUT2D eigenvalue weighted by atomic mass is 9.91. The zero-order valence-electron chi connectivity index (χ0n) is 14.5. The molecule has 0 radical (unpaired) electrons. The number of esters is 1. The van der Waals surface area contributed by atoms with E-state index in [1.54, 1.807) is 0 Å². The predicted octanol–water partition coefficient (Wildman–Crippen LogP) is 4.44. The molecule has 3 aliphatic heterocycles. The first kappa shape index (κ1) is 17.1. The van der Waals surface area contributed by atoms with Crippen molar-refractivity contribution >= 4 is 16.0 Å². The van der Waals surface area contributed by atoms with Crippen LogP contribution in [0, 0.1) is 5.41 Å². The van der Waals surface area contributed by atoms with E-state index in [1.165, 1.54) is 30.8 Å². The van der Waals surface area contributed by atoms with Crippen molar-refractivity contribution < 1.29 is 14.3 Å². The summed E-state index contributed by atoms with van der Waals surface area (Å²) in [5.41, 5.74) is -0.406. The van der Waals surface area contributed by atoms with Crippen LogP contribution in [0.25, 0.3) is 0 Å². The standard InChI is InChI=1S/C15H26O3S.C2H6/c1-5-14(3,4)13(16)17-11(2)18-15-7-6-8-19(15)10-12(19)9-15;1-2/h11-12H,5-10H2,1-4H3;1-2H3. The van der Waals surface area contributed by atoms with Gasteiger partial charge in [0.25, 0.3) is 0 Å². The molecule has 3 saturated heterocycles. The van der Waals surface area contributed by atoms with Crippen molar-refractivity contribution in [2.24, 2.45) is 5.41 Å². The van der Waals surface area contributed by atoms with Gasteiger partial charge in [-0.2, -0.15) is 0 Å². The first-order valence-corrected chi connectivity index (χ1v) is 10.5.